The molecule has 0 aromatic rings. The Kier molecular flexibility index (Phi) is 3.93. The number of hydrogen-bond donors (Lipinski definition) is 0. The van der Waals surface area contributed by atoms with E-state index < -0.39 is 3.93 Å². The van der Waals surface area contributed by atoms with Crippen molar-refractivity contribution in [3.63, 3.8) is 0 Å². The average molecular weight is 248 g/mol. The van der Waals surface area contributed by atoms with Crippen LogP contribution in [0.2, 0.25) is 0 Å². The van der Waals surface area contributed by atoms with Gasteiger partial charge in [0.15, 0.2) is 0 Å². The van der Waals surface area contributed by atoms with Gasteiger partial charge in [-0.05, 0) is 34.9 Å². The Bertz CT molecular complexity index is 75.6. The van der Waals surface area contributed by atoms with Gasteiger partial charge in [-0.2, -0.15) is 8.78 Å². The summed E-state index contributed by atoms with van der Waals surface area (Å²) in [4.78, 5) is 0. The molecule has 0 amide bonds. The van der Waals surface area contributed by atoms with E-state index in [2.05, 4.69) is 0 Å². The number of rotatable bonds is 3. The topological polar surface area (TPSA) is 0 Å². The fraction of sp³-hybridized carbons (Fsp3) is 1.00. The molecule has 56 valence electrons. The van der Waals surface area contributed by atoms with E-state index in [1.807, 2.05) is 13.8 Å². The molecule has 0 bridgehead atoms. The number of alkyl halides is 3. The van der Waals surface area contributed by atoms with Crippen LogP contribution in [-0.4, -0.2) is 3.93 Å². The van der Waals surface area contributed by atoms with E-state index in [1.165, 1.54) is 22.6 Å². The molecule has 0 atom stereocenters. The molecule has 3 heteroatoms. The SMILES string of the molecule is CC(C)CCC(F)(F)I. The molecule has 0 aromatic heterocycles. The summed E-state index contributed by atoms with van der Waals surface area (Å²) in [5, 5.41) is 0. The monoisotopic (exact) mass is 248 g/mol. The third-order valence-electron chi connectivity index (χ3n) is 1.01. The molecule has 0 N–H and O–H groups in total. The highest BCUT2D eigenvalue weighted by Gasteiger charge is 2.22. The van der Waals surface area contributed by atoms with Gasteiger partial charge in [-0.3, -0.25) is 0 Å². The summed E-state index contributed by atoms with van der Waals surface area (Å²) >= 11 is 1.18. The van der Waals surface area contributed by atoms with Gasteiger partial charge in [-0.15, -0.1) is 0 Å². The van der Waals surface area contributed by atoms with Crippen molar-refractivity contribution < 1.29 is 8.78 Å². The molecule has 0 aromatic carbocycles. The van der Waals surface area contributed by atoms with Crippen LogP contribution in [0.3, 0.4) is 0 Å². The second kappa shape index (κ2) is 3.68. The zero-order valence-electron chi connectivity index (χ0n) is 5.63. The number of halogens is 3. The van der Waals surface area contributed by atoms with Crippen LogP contribution in [0.1, 0.15) is 26.7 Å². The predicted octanol–water partition coefficient (Wildman–Crippen LogP) is 3.45. The highest BCUT2D eigenvalue weighted by atomic mass is 127. The first-order chi connectivity index (χ1) is 3.92. The maximum absolute atomic E-state index is 12.1. The Morgan fingerprint density at radius 1 is 1.44 bits per heavy atom. The molecular formula is C6H11F2I. The highest BCUT2D eigenvalue weighted by molar-refractivity contribution is 14.1. The zero-order valence-corrected chi connectivity index (χ0v) is 7.78. The van der Waals surface area contributed by atoms with Gasteiger partial charge in [0, 0.05) is 6.42 Å². The largest absolute Gasteiger partial charge is 0.296 e. The van der Waals surface area contributed by atoms with Crippen LogP contribution in [0, 0.1) is 5.92 Å². The molecule has 0 rings (SSSR count). The standard InChI is InChI=1S/C6H11F2I/c1-5(2)3-4-6(7,8)9/h5H,3-4H2,1-2H3. The lowest BCUT2D eigenvalue weighted by Gasteiger charge is -2.08. The Labute approximate surface area is 68.2 Å². The van der Waals surface area contributed by atoms with Gasteiger partial charge in [-0.25, -0.2) is 0 Å². The summed E-state index contributed by atoms with van der Waals surface area (Å²) in [6, 6.07) is 0. The molecule has 0 saturated heterocycles. The molecule has 9 heavy (non-hydrogen) atoms. The van der Waals surface area contributed by atoms with Gasteiger partial charge in [-0.1, -0.05) is 13.8 Å². The fourth-order valence-corrected chi connectivity index (χ4v) is 0.764. The summed E-state index contributed by atoms with van der Waals surface area (Å²) in [5.74, 6) is 0.380. The summed E-state index contributed by atoms with van der Waals surface area (Å²) in [5.41, 5.74) is 0. The summed E-state index contributed by atoms with van der Waals surface area (Å²) in [6.07, 6.45) is 0.612. The molecule has 0 aliphatic rings. The van der Waals surface area contributed by atoms with Gasteiger partial charge in [0.25, 0.3) is 3.93 Å². The van der Waals surface area contributed by atoms with Crippen molar-refractivity contribution in [2.75, 3.05) is 0 Å². The molecule has 0 radical (unpaired) electrons. The van der Waals surface area contributed by atoms with Crippen LogP contribution in [0.4, 0.5) is 8.78 Å². The zero-order chi connectivity index (χ0) is 7.49. The minimum atomic E-state index is -2.50. The lowest BCUT2D eigenvalue weighted by Crippen LogP contribution is -2.05. The molecule has 0 spiro atoms. The highest BCUT2D eigenvalue weighted by Crippen LogP contribution is 2.29. The predicted molar refractivity (Wildman–Crippen MR) is 43.0 cm³/mol. The maximum atomic E-state index is 12.1. The van der Waals surface area contributed by atoms with Gasteiger partial charge >= 0.3 is 0 Å². The lowest BCUT2D eigenvalue weighted by atomic mass is 10.1. The Morgan fingerprint density at radius 3 is 2.00 bits per heavy atom. The van der Waals surface area contributed by atoms with Crippen LogP contribution in [0.5, 0.6) is 0 Å². The van der Waals surface area contributed by atoms with Crippen molar-refractivity contribution in [1.82, 2.24) is 0 Å². The molecule has 0 fully saturated rings. The summed E-state index contributed by atoms with van der Waals surface area (Å²) in [7, 11) is 0. The quantitative estimate of drug-likeness (QED) is 0.530. The van der Waals surface area contributed by atoms with Crippen molar-refractivity contribution in [2.45, 2.75) is 30.6 Å². The molecule has 0 saturated carbocycles. The van der Waals surface area contributed by atoms with Crippen molar-refractivity contribution in [2.24, 2.45) is 5.92 Å². The first-order valence-electron chi connectivity index (χ1n) is 2.98. The van der Waals surface area contributed by atoms with E-state index in [4.69, 9.17) is 0 Å². The van der Waals surface area contributed by atoms with Gasteiger partial charge in [0.2, 0.25) is 0 Å². The lowest BCUT2D eigenvalue weighted by molar-refractivity contribution is 0.109. The molecule has 0 heterocycles. The molecular weight excluding hydrogens is 237 g/mol. The first-order valence-corrected chi connectivity index (χ1v) is 4.06. The van der Waals surface area contributed by atoms with Gasteiger partial charge in [0.1, 0.15) is 0 Å². The molecule has 0 unspecified atom stereocenters. The summed E-state index contributed by atoms with van der Waals surface area (Å²) in [6.45, 7) is 3.89. The average Bonchev–Trinajstić information content (AvgIpc) is 1.59. The molecule has 0 nitrogen and oxygen atoms in total. The van der Waals surface area contributed by atoms with E-state index in [0.717, 1.165) is 0 Å². The molecule has 0 aliphatic carbocycles. The second-order valence-electron chi connectivity index (χ2n) is 2.55. The number of hydrogen-bond acceptors (Lipinski definition) is 0. The molecule has 0 aliphatic heterocycles. The Balaban J connectivity index is 3.28. The van der Waals surface area contributed by atoms with Gasteiger partial charge < -0.3 is 0 Å². The van der Waals surface area contributed by atoms with E-state index in [9.17, 15) is 8.78 Å². The van der Waals surface area contributed by atoms with E-state index in [0.29, 0.717) is 12.3 Å². The first kappa shape index (κ1) is 9.59. The maximum Gasteiger partial charge on any atom is 0.296 e. The van der Waals surface area contributed by atoms with Crippen LogP contribution >= 0.6 is 22.6 Å². The Morgan fingerprint density at radius 2 is 1.89 bits per heavy atom. The normalized spacial score (nSPS) is 12.7. The van der Waals surface area contributed by atoms with Crippen LogP contribution in [0.15, 0.2) is 0 Å². The fourth-order valence-electron chi connectivity index (χ4n) is 0.452. The van der Waals surface area contributed by atoms with E-state index in [1.54, 1.807) is 0 Å². The third-order valence-corrected chi connectivity index (χ3v) is 1.54. The van der Waals surface area contributed by atoms with E-state index in [-0.39, 0.29) is 6.42 Å². The van der Waals surface area contributed by atoms with Crippen molar-refractivity contribution in [1.29, 1.82) is 0 Å². The third kappa shape index (κ3) is 8.59. The minimum absolute atomic E-state index is 0.00519. The van der Waals surface area contributed by atoms with Crippen molar-refractivity contribution in [3.8, 4) is 0 Å². The minimum Gasteiger partial charge on any atom is -0.195 e. The second-order valence-corrected chi connectivity index (χ2v) is 4.13. The van der Waals surface area contributed by atoms with Crippen LogP contribution in [0.25, 0.3) is 0 Å². The van der Waals surface area contributed by atoms with E-state index >= 15 is 0 Å². The van der Waals surface area contributed by atoms with Crippen LogP contribution < -0.4 is 0 Å². The smallest absolute Gasteiger partial charge is 0.195 e. The summed E-state index contributed by atoms with van der Waals surface area (Å²) < 4.78 is 21.6. The van der Waals surface area contributed by atoms with Crippen molar-refractivity contribution in [3.05, 3.63) is 0 Å². The Hall–Kier alpha value is 0.590. The van der Waals surface area contributed by atoms with Gasteiger partial charge in [0.05, 0.1) is 0 Å². The van der Waals surface area contributed by atoms with Crippen molar-refractivity contribution >= 4 is 22.6 Å². The van der Waals surface area contributed by atoms with Crippen LogP contribution in [-0.2, 0) is 0 Å².